The van der Waals surface area contributed by atoms with Crippen LogP contribution in [0, 0.1) is 0 Å². The Hall–Kier alpha value is -3.50. The fraction of sp³-hybridized carbons (Fsp3) is 0.304. The van der Waals surface area contributed by atoms with Gasteiger partial charge in [-0.25, -0.2) is 4.98 Å². The lowest BCUT2D eigenvalue weighted by Gasteiger charge is -2.30. The van der Waals surface area contributed by atoms with Crippen molar-refractivity contribution in [2.24, 2.45) is 0 Å². The summed E-state index contributed by atoms with van der Waals surface area (Å²) in [7, 11) is 0. The molecule has 1 aliphatic rings. The van der Waals surface area contributed by atoms with E-state index in [0.29, 0.717) is 17.8 Å². The second-order valence-electron chi connectivity index (χ2n) is 8.28. The normalized spacial score (nSPS) is 15.5. The molecule has 0 radical (unpaired) electrons. The molecule has 1 fully saturated rings. The zero-order valence-corrected chi connectivity index (χ0v) is 18.7. The third kappa shape index (κ3) is 3.81. The van der Waals surface area contributed by atoms with Crippen molar-refractivity contribution in [1.29, 1.82) is 0 Å². The van der Waals surface area contributed by atoms with Gasteiger partial charge < -0.3 is 4.90 Å². The zero-order valence-electron chi connectivity index (χ0n) is 17.9. The van der Waals surface area contributed by atoms with E-state index in [9.17, 15) is 4.79 Å². The second-order valence-corrected chi connectivity index (χ2v) is 9.23. The Labute approximate surface area is 193 Å². The smallest absolute Gasteiger partial charge is 0.261 e. The predicted octanol–water partition coefficient (Wildman–Crippen LogP) is 2.84. The fourth-order valence-corrected chi connectivity index (χ4v) is 5.26. The maximum absolute atomic E-state index is 12.7. The molecule has 10 heteroatoms. The van der Waals surface area contributed by atoms with Gasteiger partial charge in [-0.1, -0.05) is 23.5 Å². The van der Waals surface area contributed by atoms with Crippen LogP contribution in [0.3, 0.4) is 0 Å². The molecule has 0 bridgehead atoms. The van der Waals surface area contributed by atoms with E-state index in [-0.39, 0.29) is 5.56 Å². The highest BCUT2D eigenvalue weighted by Crippen LogP contribution is 2.30. The number of para-hydroxylation sites is 1. The largest absolute Gasteiger partial charge is 0.302 e. The van der Waals surface area contributed by atoms with Gasteiger partial charge in [-0.05, 0) is 50.2 Å². The third-order valence-corrected chi connectivity index (χ3v) is 7.21. The van der Waals surface area contributed by atoms with Crippen molar-refractivity contribution in [1.82, 2.24) is 39.2 Å². The highest BCUT2D eigenvalue weighted by atomic mass is 32.1. The number of likely N-dealkylation sites (tertiary alicyclic amines) is 1. The van der Waals surface area contributed by atoms with Crippen molar-refractivity contribution < 1.29 is 0 Å². The van der Waals surface area contributed by atoms with Gasteiger partial charge in [0.15, 0.2) is 5.82 Å². The van der Waals surface area contributed by atoms with Crippen molar-refractivity contribution >= 4 is 27.2 Å². The molecule has 1 aliphatic heterocycles. The van der Waals surface area contributed by atoms with Crippen LogP contribution in [-0.2, 0) is 6.54 Å². The molecule has 33 heavy (non-hydrogen) atoms. The van der Waals surface area contributed by atoms with Gasteiger partial charge in [-0.2, -0.15) is 9.61 Å². The Morgan fingerprint density at radius 1 is 1.03 bits per heavy atom. The van der Waals surface area contributed by atoms with Crippen molar-refractivity contribution in [2.75, 3.05) is 19.6 Å². The number of hydrogen-bond acceptors (Lipinski definition) is 8. The van der Waals surface area contributed by atoms with Gasteiger partial charge in [0.2, 0.25) is 4.96 Å². The van der Waals surface area contributed by atoms with Crippen LogP contribution in [0.15, 0.2) is 59.9 Å². The summed E-state index contributed by atoms with van der Waals surface area (Å²) in [5.74, 6) is 1.26. The lowest BCUT2D eigenvalue weighted by Crippen LogP contribution is -2.37. The first-order chi connectivity index (χ1) is 16.3. The third-order valence-electron chi connectivity index (χ3n) is 6.26. The van der Waals surface area contributed by atoms with Crippen molar-refractivity contribution in [3.63, 3.8) is 0 Å². The van der Waals surface area contributed by atoms with Crippen LogP contribution in [0.2, 0.25) is 0 Å². The molecule has 166 valence electrons. The number of aromatic nitrogens is 7. The monoisotopic (exact) mass is 458 g/mol. The summed E-state index contributed by atoms with van der Waals surface area (Å²) in [6.07, 6.45) is 7.22. The Morgan fingerprint density at radius 3 is 2.76 bits per heavy atom. The summed E-state index contributed by atoms with van der Waals surface area (Å²) in [5.41, 5.74) is 1.76. The summed E-state index contributed by atoms with van der Waals surface area (Å²) >= 11 is 1.53. The quantitative estimate of drug-likeness (QED) is 0.400. The van der Waals surface area contributed by atoms with E-state index in [1.54, 1.807) is 17.1 Å². The van der Waals surface area contributed by atoms with Gasteiger partial charge in [-0.3, -0.25) is 14.3 Å². The Balaban J connectivity index is 1.12. The van der Waals surface area contributed by atoms with Crippen LogP contribution in [0.25, 0.3) is 26.4 Å². The lowest BCUT2D eigenvalue weighted by molar-refractivity contribution is 0.201. The summed E-state index contributed by atoms with van der Waals surface area (Å²) in [6, 6.07) is 11.4. The van der Waals surface area contributed by atoms with E-state index in [1.807, 2.05) is 47.1 Å². The minimum absolute atomic E-state index is 0.0225. The van der Waals surface area contributed by atoms with Crippen LogP contribution >= 0.6 is 11.3 Å². The minimum atomic E-state index is 0.0225. The van der Waals surface area contributed by atoms with E-state index < -0.39 is 0 Å². The number of nitrogens with zero attached hydrogens (tertiary/aromatic N) is 8. The average molecular weight is 459 g/mol. The van der Waals surface area contributed by atoms with Gasteiger partial charge in [0.05, 0.1) is 17.2 Å². The minimum Gasteiger partial charge on any atom is -0.302 e. The van der Waals surface area contributed by atoms with E-state index in [1.165, 1.54) is 11.3 Å². The number of rotatable bonds is 5. The molecule has 0 saturated carbocycles. The lowest BCUT2D eigenvalue weighted by atomic mass is 9.96. The molecule has 5 heterocycles. The summed E-state index contributed by atoms with van der Waals surface area (Å²) in [5, 5.41) is 15.1. The number of hydrogen-bond donors (Lipinski definition) is 0. The fourth-order valence-electron chi connectivity index (χ4n) is 4.42. The van der Waals surface area contributed by atoms with Gasteiger partial charge in [0, 0.05) is 37.0 Å². The Bertz CT molecular complexity index is 1470. The Morgan fingerprint density at radius 2 is 1.91 bits per heavy atom. The molecule has 6 rings (SSSR count). The first-order valence-electron chi connectivity index (χ1n) is 11.1. The molecule has 0 spiro atoms. The van der Waals surface area contributed by atoms with Gasteiger partial charge in [-0.15, -0.1) is 10.2 Å². The van der Waals surface area contributed by atoms with Crippen LogP contribution in [0.1, 0.15) is 24.6 Å². The van der Waals surface area contributed by atoms with E-state index in [4.69, 9.17) is 5.10 Å². The average Bonchev–Trinajstić information content (AvgIpc) is 3.46. The van der Waals surface area contributed by atoms with Gasteiger partial charge >= 0.3 is 0 Å². The summed E-state index contributed by atoms with van der Waals surface area (Å²) in [4.78, 5) is 24.5. The maximum atomic E-state index is 12.7. The molecule has 0 atom stereocenters. The van der Waals surface area contributed by atoms with Gasteiger partial charge in [0.25, 0.3) is 5.56 Å². The molecule has 0 unspecified atom stereocenters. The number of piperidine rings is 1. The van der Waals surface area contributed by atoms with Crippen LogP contribution < -0.4 is 5.56 Å². The van der Waals surface area contributed by atoms with E-state index in [0.717, 1.165) is 59.3 Å². The number of pyridine rings is 1. The van der Waals surface area contributed by atoms with Crippen molar-refractivity contribution in [2.45, 2.75) is 25.3 Å². The molecule has 9 nitrogen and oxygen atoms in total. The maximum Gasteiger partial charge on any atom is 0.261 e. The highest BCUT2D eigenvalue weighted by molar-refractivity contribution is 7.19. The summed E-state index contributed by atoms with van der Waals surface area (Å²) < 4.78 is 3.61. The number of fused-ring (bicyclic) bond motifs is 2. The van der Waals surface area contributed by atoms with Crippen molar-refractivity contribution in [3.8, 4) is 10.6 Å². The first kappa shape index (κ1) is 20.1. The molecular formula is C23H22N8OS. The zero-order chi connectivity index (χ0) is 22.2. The Kier molecular flexibility index (Phi) is 5.16. The van der Waals surface area contributed by atoms with Gasteiger partial charge in [0.1, 0.15) is 5.01 Å². The molecule has 5 aromatic rings. The van der Waals surface area contributed by atoms with Crippen LogP contribution in [-0.4, -0.2) is 58.9 Å². The SMILES string of the molecule is O=c1c2ccccc2ncn1CCN1CCC(c2nnc3sc(-c4cccnc4)nn23)CC1. The first-order valence-corrected chi connectivity index (χ1v) is 11.9. The molecule has 0 aliphatic carbocycles. The van der Waals surface area contributed by atoms with E-state index >= 15 is 0 Å². The van der Waals surface area contributed by atoms with E-state index in [2.05, 4.69) is 25.1 Å². The highest BCUT2D eigenvalue weighted by Gasteiger charge is 2.26. The topological polar surface area (TPSA) is 94.1 Å². The number of benzene rings is 1. The molecule has 0 amide bonds. The second kappa shape index (κ2) is 8.45. The summed E-state index contributed by atoms with van der Waals surface area (Å²) in [6.45, 7) is 3.37. The molecule has 0 N–H and O–H groups in total. The van der Waals surface area contributed by atoms with Crippen LogP contribution in [0.5, 0.6) is 0 Å². The predicted molar refractivity (Wildman–Crippen MR) is 126 cm³/mol. The molecule has 1 saturated heterocycles. The van der Waals surface area contributed by atoms with Crippen molar-refractivity contribution in [3.05, 3.63) is 71.3 Å². The molecule has 1 aromatic carbocycles. The van der Waals surface area contributed by atoms with Crippen LogP contribution in [0.4, 0.5) is 0 Å². The standard InChI is InChI=1S/C23H22N8OS/c32-22-18-5-1-2-6-19(18)25-15-30(22)13-12-29-10-7-16(8-11-29)20-26-27-23-31(20)28-21(33-23)17-4-3-9-24-14-17/h1-6,9,14-16H,7-8,10-13H2. The molecular weight excluding hydrogens is 436 g/mol. The molecule has 4 aromatic heterocycles.